The summed E-state index contributed by atoms with van der Waals surface area (Å²) >= 11 is 1.79. The molecule has 2 heterocycles. The summed E-state index contributed by atoms with van der Waals surface area (Å²) in [7, 11) is 1.41. The number of unbranched alkanes of at least 4 members (excludes halogenated alkanes) is 1. The van der Waals surface area contributed by atoms with Crippen molar-refractivity contribution in [1.29, 1.82) is 0 Å². The first-order chi connectivity index (χ1) is 11.6. The predicted octanol–water partition coefficient (Wildman–Crippen LogP) is 4.20. The van der Waals surface area contributed by atoms with Crippen molar-refractivity contribution < 1.29 is 9.53 Å². The summed E-state index contributed by atoms with van der Waals surface area (Å²) in [6.45, 7) is 3.70. The second-order valence-electron chi connectivity index (χ2n) is 5.87. The fourth-order valence-corrected chi connectivity index (χ4v) is 3.82. The number of rotatable bonds is 6. The first kappa shape index (κ1) is 16.7. The van der Waals surface area contributed by atoms with E-state index < -0.39 is 0 Å². The second kappa shape index (κ2) is 7.20. The first-order valence-corrected chi connectivity index (χ1v) is 8.93. The van der Waals surface area contributed by atoms with Crippen molar-refractivity contribution in [3.8, 4) is 10.4 Å². The van der Waals surface area contributed by atoms with Crippen molar-refractivity contribution >= 4 is 28.2 Å². The molecule has 5 heteroatoms. The molecule has 126 valence electrons. The van der Waals surface area contributed by atoms with Gasteiger partial charge in [0.25, 0.3) is 0 Å². The Morgan fingerprint density at radius 2 is 2.08 bits per heavy atom. The largest absolute Gasteiger partial charge is 0.465 e. The number of esters is 1. The highest BCUT2D eigenvalue weighted by Gasteiger charge is 2.14. The molecule has 3 aromatic rings. The highest BCUT2D eigenvalue weighted by Crippen LogP contribution is 2.35. The standard InChI is InChI=1S/C19H22N2O2S/c1-13-5-8-18(24-13)16-12-21(10-4-3-9-20)17-11-14(19(22)23-2)6-7-15(16)17/h5-8,11-12H,3-4,9-10,20H2,1-2H3. The average Bonchev–Trinajstić information content (AvgIpc) is 3.18. The van der Waals surface area contributed by atoms with Crippen LogP contribution in [0.15, 0.2) is 36.5 Å². The molecule has 4 nitrogen and oxygen atoms in total. The third-order valence-electron chi connectivity index (χ3n) is 4.16. The zero-order valence-electron chi connectivity index (χ0n) is 14.0. The quantitative estimate of drug-likeness (QED) is 0.539. The molecular weight excluding hydrogens is 320 g/mol. The van der Waals surface area contributed by atoms with E-state index in [9.17, 15) is 4.79 Å². The highest BCUT2D eigenvalue weighted by atomic mass is 32.1. The maximum absolute atomic E-state index is 11.9. The van der Waals surface area contributed by atoms with E-state index in [1.165, 1.54) is 22.4 Å². The summed E-state index contributed by atoms with van der Waals surface area (Å²) in [5.41, 5.74) is 8.48. The Balaban J connectivity index is 2.10. The summed E-state index contributed by atoms with van der Waals surface area (Å²) in [6, 6.07) is 10.1. The van der Waals surface area contributed by atoms with Crippen LogP contribution in [-0.4, -0.2) is 24.2 Å². The van der Waals surface area contributed by atoms with Gasteiger partial charge in [0.05, 0.1) is 12.7 Å². The van der Waals surface area contributed by atoms with E-state index in [4.69, 9.17) is 10.5 Å². The Morgan fingerprint density at radius 1 is 1.25 bits per heavy atom. The molecular formula is C19H22N2O2S. The number of benzene rings is 1. The van der Waals surface area contributed by atoms with Gasteiger partial charge in [0.1, 0.15) is 0 Å². The van der Waals surface area contributed by atoms with E-state index in [2.05, 4.69) is 29.8 Å². The number of hydrogen-bond donors (Lipinski definition) is 1. The number of carbonyl (C=O) groups excluding carboxylic acids is 1. The van der Waals surface area contributed by atoms with Gasteiger partial charge in [0, 0.05) is 39.0 Å². The third-order valence-corrected chi connectivity index (χ3v) is 5.20. The monoisotopic (exact) mass is 342 g/mol. The molecule has 3 rings (SSSR count). The topological polar surface area (TPSA) is 57.2 Å². The van der Waals surface area contributed by atoms with E-state index in [0.29, 0.717) is 12.1 Å². The molecule has 0 atom stereocenters. The lowest BCUT2D eigenvalue weighted by Gasteiger charge is -2.06. The average molecular weight is 342 g/mol. The lowest BCUT2D eigenvalue weighted by Crippen LogP contribution is -2.04. The number of thiophene rings is 1. The molecule has 0 aliphatic heterocycles. The van der Waals surface area contributed by atoms with Gasteiger partial charge in [-0.1, -0.05) is 6.07 Å². The Kier molecular flexibility index (Phi) is 5.02. The van der Waals surface area contributed by atoms with Crippen LogP contribution in [0.5, 0.6) is 0 Å². The normalized spacial score (nSPS) is 11.1. The number of nitrogens with zero attached hydrogens (tertiary/aromatic N) is 1. The SMILES string of the molecule is COC(=O)c1ccc2c(-c3ccc(C)s3)cn(CCCCN)c2c1. The van der Waals surface area contributed by atoms with Gasteiger partial charge >= 0.3 is 5.97 Å². The van der Waals surface area contributed by atoms with Crippen LogP contribution in [0, 0.1) is 6.92 Å². The van der Waals surface area contributed by atoms with Crippen LogP contribution in [0.1, 0.15) is 28.1 Å². The Hall–Kier alpha value is -2.11. The van der Waals surface area contributed by atoms with Gasteiger partial charge in [0.15, 0.2) is 0 Å². The molecule has 2 aromatic heterocycles. The van der Waals surface area contributed by atoms with Crippen LogP contribution in [0.25, 0.3) is 21.3 Å². The van der Waals surface area contributed by atoms with Crippen molar-refractivity contribution in [2.45, 2.75) is 26.3 Å². The van der Waals surface area contributed by atoms with E-state index in [1.54, 1.807) is 11.3 Å². The summed E-state index contributed by atoms with van der Waals surface area (Å²) < 4.78 is 7.08. The molecule has 0 fully saturated rings. The van der Waals surface area contributed by atoms with Gasteiger partial charge in [-0.15, -0.1) is 11.3 Å². The maximum atomic E-state index is 11.9. The van der Waals surface area contributed by atoms with Crippen molar-refractivity contribution in [2.24, 2.45) is 5.73 Å². The van der Waals surface area contributed by atoms with Gasteiger partial charge in [0.2, 0.25) is 0 Å². The number of nitrogens with two attached hydrogens (primary N) is 1. The highest BCUT2D eigenvalue weighted by molar-refractivity contribution is 7.15. The van der Waals surface area contributed by atoms with Crippen LogP contribution in [0.3, 0.4) is 0 Å². The Labute approximate surface area is 145 Å². The van der Waals surface area contributed by atoms with Gasteiger partial charge in [-0.05, 0) is 50.6 Å². The van der Waals surface area contributed by atoms with Gasteiger partial charge in [-0.2, -0.15) is 0 Å². The minimum Gasteiger partial charge on any atom is -0.465 e. The molecule has 0 spiro atoms. The number of methoxy groups -OCH3 is 1. The molecule has 0 amide bonds. The van der Waals surface area contributed by atoms with E-state index >= 15 is 0 Å². The zero-order chi connectivity index (χ0) is 17.1. The van der Waals surface area contributed by atoms with Crippen molar-refractivity contribution in [3.05, 3.63) is 47.0 Å². The minimum absolute atomic E-state index is 0.305. The molecule has 0 saturated heterocycles. The lowest BCUT2D eigenvalue weighted by atomic mass is 10.1. The number of ether oxygens (including phenoxy) is 1. The summed E-state index contributed by atoms with van der Waals surface area (Å²) in [4.78, 5) is 14.4. The van der Waals surface area contributed by atoms with Gasteiger partial charge in [-0.25, -0.2) is 4.79 Å². The fourth-order valence-electron chi connectivity index (χ4n) is 2.92. The van der Waals surface area contributed by atoms with E-state index in [-0.39, 0.29) is 5.97 Å². The van der Waals surface area contributed by atoms with Crippen molar-refractivity contribution in [2.75, 3.05) is 13.7 Å². The maximum Gasteiger partial charge on any atom is 0.337 e. The lowest BCUT2D eigenvalue weighted by molar-refractivity contribution is 0.0601. The number of aryl methyl sites for hydroxylation is 2. The van der Waals surface area contributed by atoms with E-state index in [1.807, 2.05) is 18.2 Å². The number of aromatic nitrogens is 1. The van der Waals surface area contributed by atoms with Crippen LogP contribution in [0.2, 0.25) is 0 Å². The minimum atomic E-state index is -0.305. The Bertz CT molecular complexity index is 864. The van der Waals surface area contributed by atoms with E-state index in [0.717, 1.165) is 30.3 Å². The summed E-state index contributed by atoms with van der Waals surface area (Å²) in [5.74, 6) is -0.305. The summed E-state index contributed by atoms with van der Waals surface area (Å²) in [5, 5.41) is 1.16. The molecule has 1 aromatic carbocycles. The van der Waals surface area contributed by atoms with Crippen LogP contribution >= 0.6 is 11.3 Å². The first-order valence-electron chi connectivity index (χ1n) is 8.12. The smallest absolute Gasteiger partial charge is 0.337 e. The van der Waals surface area contributed by atoms with Crippen molar-refractivity contribution in [3.63, 3.8) is 0 Å². The van der Waals surface area contributed by atoms with Crippen molar-refractivity contribution in [1.82, 2.24) is 4.57 Å². The van der Waals surface area contributed by atoms with Gasteiger partial charge in [-0.3, -0.25) is 0 Å². The van der Waals surface area contributed by atoms with Crippen LogP contribution < -0.4 is 5.73 Å². The molecule has 0 saturated carbocycles. The number of carbonyl (C=O) groups is 1. The zero-order valence-corrected chi connectivity index (χ0v) is 14.9. The number of hydrogen-bond acceptors (Lipinski definition) is 4. The molecule has 24 heavy (non-hydrogen) atoms. The Morgan fingerprint density at radius 3 is 2.75 bits per heavy atom. The predicted molar refractivity (Wildman–Crippen MR) is 99.6 cm³/mol. The summed E-state index contributed by atoms with van der Waals surface area (Å²) in [6.07, 6.45) is 4.20. The third kappa shape index (κ3) is 3.23. The molecule has 0 radical (unpaired) electrons. The molecule has 0 unspecified atom stereocenters. The van der Waals surface area contributed by atoms with Crippen LogP contribution in [0.4, 0.5) is 0 Å². The molecule has 0 bridgehead atoms. The van der Waals surface area contributed by atoms with Crippen LogP contribution in [-0.2, 0) is 11.3 Å². The molecule has 0 aliphatic carbocycles. The molecule has 2 N–H and O–H groups in total. The van der Waals surface area contributed by atoms with Gasteiger partial charge < -0.3 is 15.0 Å². The molecule has 0 aliphatic rings. The fraction of sp³-hybridized carbons (Fsp3) is 0.316. The second-order valence-corrected chi connectivity index (χ2v) is 7.15. The number of fused-ring (bicyclic) bond motifs is 1.